The smallest absolute Gasteiger partial charge is 0.287 e. The van der Waals surface area contributed by atoms with Crippen LogP contribution in [0.1, 0.15) is 41.8 Å². The molecular weight excluding hydrogens is 295 g/mol. The summed E-state index contributed by atoms with van der Waals surface area (Å²) in [5, 5.41) is 3.55. The first-order chi connectivity index (χ1) is 11.2. The predicted octanol–water partition coefficient (Wildman–Crippen LogP) is 3.49. The van der Waals surface area contributed by atoms with Gasteiger partial charge in [-0.25, -0.2) is 4.39 Å². The molecule has 5 heteroatoms. The summed E-state index contributed by atoms with van der Waals surface area (Å²) in [6, 6.07) is 4.73. The van der Waals surface area contributed by atoms with Gasteiger partial charge in [-0.3, -0.25) is 4.79 Å². The van der Waals surface area contributed by atoms with Gasteiger partial charge in [-0.05, 0) is 38.9 Å². The van der Waals surface area contributed by atoms with E-state index in [0.29, 0.717) is 17.5 Å². The van der Waals surface area contributed by atoms with Gasteiger partial charge in [0.1, 0.15) is 0 Å². The number of para-hydroxylation sites is 1. The van der Waals surface area contributed by atoms with Crippen molar-refractivity contribution in [2.75, 3.05) is 26.2 Å². The molecule has 1 N–H and O–H groups in total. The largest absolute Gasteiger partial charge is 0.448 e. The molecule has 1 aliphatic heterocycles. The highest BCUT2D eigenvalue weighted by molar-refractivity contribution is 5.98. The van der Waals surface area contributed by atoms with E-state index in [1.54, 1.807) is 19.1 Å². The number of fused-ring (bicyclic) bond motifs is 1. The third kappa shape index (κ3) is 3.55. The topological polar surface area (TPSA) is 45.5 Å². The normalized spacial score (nSPS) is 16.4. The summed E-state index contributed by atoms with van der Waals surface area (Å²) in [4.78, 5) is 14.7. The van der Waals surface area contributed by atoms with Gasteiger partial charge in [0.15, 0.2) is 17.2 Å². The first-order valence-corrected chi connectivity index (χ1v) is 8.35. The number of furan rings is 1. The van der Waals surface area contributed by atoms with E-state index in [1.165, 1.54) is 31.7 Å². The van der Waals surface area contributed by atoms with E-state index in [1.807, 2.05) is 0 Å². The number of halogens is 1. The van der Waals surface area contributed by atoms with E-state index in [4.69, 9.17) is 4.42 Å². The van der Waals surface area contributed by atoms with Crippen LogP contribution in [0.3, 0.4) is 0 Å². The number of nitrogens with zero attached hydrogens (tertiary/aromatic N) is 1. The molecular formula is C18H23FN2O2. The summed E-state index contributed by atoms with van der Waals surface area (Å²) >= 11 is 0. The maximum absolute atomic E-state index is 13.7. The van der Waals surface area contributed by atoms with Crippen LogP contribution in [0, 0.1) is 12.7 Å². The van der Waals surface area contributed by atoms with Crippen molar-refractivity contribution in [1.29, 1.82) is 0 Å². The second-order valence-corrected chi connectivity index (χ2v) is 6.18. The molecule has 1 aromatic heterocycles. The van der Waals surface area contributed by atoms with Gasteiger partial charge in [-0.2, -0.15) is 0 Å². The Bertz CT molecular complexity index is 688. The van der Waals surface area contributed by atoms with Crippen LogP contribution in [0.2, 0.25) is 0 Å². The number of carbonyl (C=O) groups is 1. The molecule has 0 atom stereocenters. The second kappa shape index (κ2) is 7.13. The van der Waals surface area contributed by atoms with Crippen LogP contribution in [0.5, 0.6) is 0 Å². The van der Waals surface area contributed by atoms with Crippen LogP contribution < -0.4 is 5.32 Å². The van der Waals surface area contributed by atoms with Crippen LogP contribution in [-0.4, -0.2) is 37.0 Å². The van der Waals surface area contributed by atoms with Gasteiger partial charge in [-0.1, -0.05) is 25.0 Å². The molecule has 23 heavy (non-hydrogen) atoms. The summed E-state index contributed by atoms with van der Waals surface area (Å²) in [7, 11) is 0. The molecule has 124 valence electrons. The highest BCUT2D eigenvalue weighted by Gasteiger charge is 2.19. The Kier molecular flexibility index (Phi) is 4.96. The minimum absolute atomic E-state index is 0.155. The highest BCUT2D eigenvalue weighted by Crippen LogP contribution is 2.27. The lowest BCUT2D eigenvalue weighted by Crippen LogP contribution is -2.35. The Morgan fingerprint density at radius 2 is 2.00 bits per heavy atom. The Balaban J connectivity index is 1.62. The average Bonchev–Trinajstić information content (AvgIpc) is 2.73. The standard InChI is InChI=1S/C18H23FN2O2/c1-13-14-7-6-8-15(19)17(14)23-16(13)18(22)20-9-12-21-10-4-2-3-5-11-21/h6-8H,2-5,9-12H2,1H3,(H,20,22). The minimum atomic E-state index is -0.436. The van der Waals surface area contributed by atoms with Gasteiger partial charge < -0.3 is 14.6 Å². The number of amides is 1. The van der Waals surface area contributed by atoms with E-state index in [0.717, 1.165) is 19.6 Å². The second-order valence-electron chi connectivity index (χ2n) is 6.18. The molecule has 0 unspecified atom stereocenters. The van der Waals surface area contributed by atoms with Gasteiger partial charge in [0.05, 0.1) is 0 Å². The van der Waals surface area contributed by atoms with Crippen molar-refractivity contribution in [3.63, 3.8) is 0 Å². The molecule has 1 aromatic carbocycles. The molecule has 1 fully saturated rings. The Hall–Kier alpha value is -1.88. The summed E-state index contributed by atoms with van der Waals surface area (Å²) < 4.78 is 19.2. The summed E-state index contributed by atoms with van der Waals surface area (Å²) in [6.07, 6.45) is 5.06. The quantitative estimate of drug-likeness (QED) is 0.938. The predicted molar refractivity (Wildman–Crippen MR) is 88.2 cm³/mol. The fourth-order valence-corrected chi connectivity index (χ4v) is 3.19. The first kappa shape index (κ1) is 16.0. The Morgan fingerprint density at radius 3 is 2.70 bits per heavy atom. The molecule has 0 saturated carbocycles. The molecule has 1 amide bonds. The Morgan fingerprint density at radius 1 is 1.26 bits per heavy atom. The molecule has 1 aliphatic rings. The SMILES string of the molecule is Cc1c(C(=O)NCCN2CCCCCC2)oc2c(F)cccc12. The number of benzene rings is 1. The van der Waals surface area contributed by atoms with Crippen molar-refractivity contribution in [3.05, 3.63) is 35.3 Å². The number of nitrogens with one attached hydrogen (secondary N) is 1. The maximum atomic E-state index is 13.7. The number of hydrogen-bond donors (Lipinski definition) is 1. The number of carbonyl (C=O) groups excluding carboxylic acids is 1. The molecule has 1 saturated heterocycles. The van der Waals surface area contributed by atoms with Crippen molar-refractivity contribution >= 4 is 16.9 Å². The zero-order valence-electron chi connectivity index (χ0n) is 13.5. The third-order valence-electron chi connectivity index (χ3n) is 4.53. The lowest BCUT2D eigenvalue weighted by Gasteiger charge is -2.19. The molecule has 2 heterocycles. The molecule has 4 nitrogen and oxygen atoms in total. The first-order valence-electron chi connectivity index (χ1n) is 8.35. The lowest BCUT2D eigenvalue weighted by atomic mass is 10.1. The number of likely N-dealkylation sites (tertiary alicyclic amines) is 1. The third-order valence-corrected chi connectivity index (χ3v) is 4.53. The zero-order chi connectivity index (χ0) is 16.2. The van der Waals surface area contributed by atoms with Crippen molar-refractivity contribution in [3.8, 4) is 0 Å². The summed E-state index contributed by atoms with van der Waals surface area (Å²) in [5.74, 6) is -0.497. The van der Waals surface area contributed by atoms with Crippen molar-refractivity contribution < 1.29 is 13.6 Å². The maximum Gasteiger partial charge on any atom is 0.287 e. The zero-order valence-corrected chi connectivity index (χ0v) is 13.5. The van der Waals surface area contributed by atoms with Gasteiger partial charge >= 0.3 is 0 Å². The van der Waals surface area contributed by atoms with Gasteiger partial charge in [-0.15, -0.1) is 0 Å². The number of rotatable bonds is 4. The van der Waals surface area contributed by atoms with Crippen molar-refractivity contribution in [2.24, 2.45) is 0 Å². The molecule has 0 spiro atoms. The molecule has 0 aliphatic carbocycles. The molecule has 0 bridgehead atoms. The average molecular weight is 318 g/mol. The summed E-state index contributed by atoms with van der Waals surface area (Å²) in [6.45, 7) is 5.42. The summed E-state index contributed by atoms with van der Waals surface area (Å²) in [5.41, 5.74) is 0.842. The van der Waals surface area contributed by atoms with E-state index in [-0.39, 0.29) is 17.3 Å². The van der Waals surface area contributed by atoms with Crippen molar-refractivity contribution in [1.82, 2.24) is 10.2 Å². The number of aryl methyl sites for hydroxylation is 1. The van der Waals surface area contributed by atoms with E-state index in [9.17, 15) is 9.18 Å². The lowest BCUT2D eigenvalue weighted by molar-refractivity contribution is 0.0922. The fraction of sp³-hybridized carbons (Fsp3) is 0.500. The van der Waals surface area contributed by atoms with Crippen LogP contribution >= 0.6 is 0 Å². The monoisotopic (exact) mass is 318 g/mol. The minimum Gasteiger partial charge on any atom is -0.448 e. The highest BCUT2D eigenvalue weighted by atomic mass is 19.1. The van der Waals surface area contributed by atoms with Gasteiger partial charge in [0.2, 0.25) is 0 Å². The van der Waals surface area contributed by atoms with Crippen LogP contribution in [0.25, 0.3) is 11.0 Å². The Labute approximate surface area is 135 Å². The van der Waals surface area contributed by atoms with Crippen molar-refractivity contribution in [2.45, 2.75) is 32.6 Å². The van der Waals surface area contributed by atoms with E-state index < -0.39 is 5.82 Å². The van der Waals surface area contributed by atoms with Crippen LogP contribution in [-0.2, 0) is 0 Å². The number of hydrogen-bond acceptors (Lipinski definition) is 3. The fourth-order valence-electron chi connectivity index (χ4n) is 3.19. The molecule has 0 radical (unpaired) electrons. The molecule has 2 aromatic rings. The van der Waals surface area contributed by atoms with Crippen LogP contribution in [0.4, 0.5) is 4.39 Å². The van der Waals surface area contributed by atoms with Crippen LogP contribution in [0.15, 0.2) is 22.6 Å². The molecule has 3 rings (SSSR count). The van der Waals surface area contributed by atoms with Gasteiger partial charge in [0, 0.05) is 24.0 Å². The van der Waals surface area contributed by atoms with Gasteiger partial charge in [0.25, 0.3) is 5.91 Å². The van der Waals surface area contributed by atoms with E-state index >= 15 is 0 Å². The van der Waals surface area contributed by atoms with E-state index in [2.05, 4.69) is 10.2 Å².